The van der Waals surface area contributed by atoms with Gasteiger partial charge < -0.3 is 9.47 Å². The van der Waals surface area contributed by atoms with E-state index in [2.05, 4.69) is 15.9 Å². The quantitative estimate of drug-likeness (QED) is 0.798. The summed E-state index contributed by atoms with van der Waals surface area (Å²) in [6.45, 7) is 0. The highest BCUT2D eigenvalue weighted by Gasteiger charge is 2.39. The molecule has 1 aromatic rings. The maximum Gasteiger partial charge on any atom is 0.347 e. The van der Waals surface area contributed by atoms with E-state index in [-0.39, 0.29) is 11.9 Å². The van der Waals surface area contributed by atoms with Crippen LogP contribution < -0.4 is 4.74 Å². The van der Waals surface area contributed by atoms with Crippen LogP contribution in [0.15, 0.2) is 22.7 Å². The minimum Gasteiger partial charge on any atom is -0.477 e. The fraction of sp³-hybridized carbons (Fsp3) is 0.417. The Balaban J connectivity index is 2.14. The van der Waals surface area contributed by atoms with E-state index in [4.69, 9.17) is 21.1 Å². The Morgan fingerprint density at radius 1 is 1.53 bits per heavy atom. The molecule has 0 saturated heterocycles. The highest BCUT2D eigenvalue weighted by atomic mass is 79.9. The molecule has 92 valence electrons. The molecule has 0 aliphatic heterocycles. The van der Waals surface area contributed by atoms with Gasteiger partial charge in [0, 0.05) is 10.4 Å². The van der Waals surface area contributed by atoms with Gasteiger partial charge in [0.1, 0.15) is 5.75 Å². The van der Waals surface area contributed by atoms with Crippen LogP contribution in [0.3, 0.4) is 0 Å². The molecule has 0 bridgehead atoms. The van der Waals surface area contributed by atoms with E-state index in [1.165, 1.54) is 7.11 Å². The number of carbonyl (C=O) groups excluding carboxylic acids is 1. The first-order valence-corrected chi connectivity index (χ1v) is 6.48. The number of esters is 1. The van der Waals surface area contributed by atoms with Crippen molar-refractivity contribution in [3.05, 3.63) is 27.7 Å². The molecule has 0 spiro atoms. The Morgan fingerprint density at radius 3 is 2.76 bits per heavy atom. The Morgan fingerprint density at radius 2 is 2.24 bits per heavy atom. The third-order valence-electron chi connectivity index (χ3n) is 2.63. The molecule has 0 amide bonds. The zero-order chi connectivity index (χ0) is 12.4. The first kappa shape index (κ1) is 12.7. The van der Waals surface area contributed by atoms with Crippen LogP contribution in [0.25, 0.3) is 0 Å². The Bertz CT molecular complexity index is 432. The van der Waals surface area contributed by atoms with E-state index in [0.717, 1.165) is 17.3 Å². The van der Waals surface area contributed by atoms with E-state index < -0.39 is 6.10 Å². The summed E-state index contributed by atoms with van der Waals surface area (Å²) in [5, 5.41) is 0.480. The molecule has 1 unspecified atom stereocenters. The summed E-state index contributed by atoms with van der Waals surface area (Å²) in [4.78, 5) is 11.6. The third-order valence-corrected chi connectivity index (χ3v) is 3.42. The molecule has 1 saturated carbocycles. The average molecular weight is 320 g/mol. The number of carbonyl (C=O) groups is 1. The van der Waals surface area contributed by atoms with E-state index >= 15 is 0 Å². The molecule has 1 aromatic carbocycles. The van der Waals surface area contributed by atoms with Gasteiger partial charge in [-0.05, 0) is 31.0 Å². The summed E-state index contributed by atoms with van der Waals surface area (Å²) in [5.41, 5.74) is 0. The topological polar surface area (TPSA) is 35.5 Å². The van der Waals surface area contributed by atoms with Gasteiger partial charge in [-0.25, -0.2) is 4.79 Å². The van der Waals surface area contributed by atoms with Crippen molar-refractivity contribution in [3.8, 4) is 5.75 Å². The predicted octanol–water partition coefficient (Wildman–Crippen LogP) is 3.43. The van der Waals surface area contributed by atoms with Crippen molar-refractivity contribution < 1.29 is 14.3 Å². The number of benzene rings is 1. The number of rotatable bonds is 4. The van der Waals surface area contributed by atoms with Crippen LogP contribution in [0.1, 0.15) is 12.8 Å². The summed E-state index contributed by atoms with van der Waals surface area (Å²) >= 11 is 9.35. The summed E-state index contributed by atoms with van der Waals surface area (Å²) in [6, 6.07) is 5.30. The lowest BCUT2D eigenvalue weighted by atomic mass is 10.2. The lowest BCUT2D eigenvalue weighted by Gasteiger charge is -2.17. The van der Waals surface area contributed by atoms with Gasteiger partial charge in [0.05, 0.1) is 12.1 Å². The van der Waals surface area contributed by atoms with E-state index in [9.17, 15) is 4.79 Å². The predicted molar refractivity (Wildman–Crippen MR) is 68.3 cm³/mol. The Hall–Kier alpha value is -0.740. The van der Waals surface area contributed by atoms with Crippen molar-refractivity contribution in [1.82, 2.24) is 0 Å². The van der Waals surface area contributed by atoms with Gasteiger partial charge in [-0.2, -0.15) is 0 Å². The summed E-state index contributed by atoms with van der Waals surface area (Å²) in [5.74, 6) is 0.422. The minimum atomic E-state index is -0.543. The number of hydrogen-bond acceptors (Lipinski definition) is 3. The Kier molecular flexibility index (Phi) is 3.94. The first-order chi connectivity index (χ1) is 8.11. The molecule has 3 nitrogen and oxygen atoms in total. The van der Waals surface area contributed by atoms with E-state index in [0.29, 0.717) is 10.8 Å². The molecule has 0 heterocycles. The lowest BCUT2D eigenvalue weighted by Crippen LogP contribution is -2.30. The zero-order valence-electron chi connectivity index (χ0n) is 9.28. The van der Waals surface area contributed by atoms with Crippen molar-refractivity contribution in [2.24, 2.45) is 5.92 Å². The van der Waals surface area contributed by atoms with Crippen LogP contribution in [-0.4, -0.2) is 19.2 Å². The van der Waals surface area contributed by atoms with Crippen molar-refractivity contribution in [1.29, 1.82) is 0 Å². The van der Waals surface area contributed by atoms with Gasteiger partial charge in [-0.3, -0.25) is 0 Å². The monoisotopic (exact) mass is 318 g/mol. The molecule has 1 fully saturated rings. The largest absolute Gasteiger partial charge is 0.477 e. The number of methoxy groups -OCH3 is 1. The van der Waals surface area contributed by atoms with Gasteiger partial charge in [0.25, 0.3) is 0 Å². The smallest absolute Gasteiger partial charge is 0.347 e. The molecule has 17 heavy (non-hydrogen) atoms. The van der Waals surface area contributed by atoms with E-state index in [1.54, 1.807) is 12.1 Å². The number of hydrogen-bond donors (Lipinski definition) is 0. The van der Waals surface area contributed by atoms with Crippen molar-refractivity contribution >= 4 is 33.5 Å². The van der Waals surface area contributed by atoms with Gasteiger partial charge in [0.15, 0.2) is 6.10 Å². The fourth-order valence-corrected chi connectivity index (χ4v) is 2.28. The third kappa shape index (κ3) is 3.13. The van der Waals surface area contributed by atoms with Gasteiger partial charge in [-0.1, -0.05) is 27.5 Å². The molecular formula is C12H12BrClO3. The molecule has 5 heteroatoms. The van der Waals surface area contributed by atoms with Crippen LogP contribution in [-0.2, 0) is 9.53 Å². The summed E-state index contributed by atoms with van der Waals surface area (Å²) in [6.07, 6.45) is 1.45. The van der Waals surface area contributed by atoms with Crippen molar-refractivity contribution in [2.75, 3.05) is 7.11 Å². The van der Waals surface area contributed by atoms with Crippen LogP contribution in [0.5, 0.6) is 5.75 Å². The first-order valence-electron chi connectivity index (χ1n) is 5.31. The van der Waals surface area contributed by atoms with Crippen LogP contribution in [0, 0.1) is 5.92 Å². The van der Waals surface area contributed by atoms with Crippen molar-refractivity contribution in [3.63, 3.8) is 0 Å². The van der Waals surface area contributed by atoms with Crippen molar-refractivity contribution in [2.45, 2.75) is 18.9 Å². The molecule has 1 aliphatic rings. The molecule has 2 rings (SSSR count). The van der Waals surface area contributed by atoms with Gasteiger partial charge in [0.2, 0.25) is 0 Å². The molecule has 0 aromatic heterocycles. The standard InChI is InChI=1S/C12H12BrClO3/c1-16-12(15)11(7-2-3-7)17-10-5-4-8(13)6-9(10)14/h4-7,11H,2-3H2,1H3. The van der Waals surface area contributed by atoms with Gasteiger partial charge in [-0.15, -0.1) is 0 Å². The number of halogens is 2. The van der Waals surface area contributed by atoms with Crippen LogP contribution in [0.2, 0.25) is 5.02 Å². The SMILES string of the molecule is COC(=O)C(Oc1ccc(Br)cc1Cl)C1CC1. The van der Waals surface area contributed by atoms with Crippen LogP contribution >= 0.6 is 27.5 Å². The number of ether oxygens (including phenoxy) is 2. The maximum atomic E-state index is 11.6. The fourth-order valence-electron chi connectivity index (χ4n) is 1.56. The molecule has 1 aliphatic carbocycles. The van der Waals surface area contributed by atoms with Gasteiger partial charge >= 0.3 is 5.97 Å². The Labute approximate surface area is 113 Å². The average Bonchev–Trinajstić information content (AvgIpc) is 3.11. The van der Waals surface area contributed by atoms with Crippen LogP contribution in [0.4, 0.5) is 0 Å². The normalized spacial score (nSPS) is 16.4. The second-order valence-electron chi connectivity index (χ2n) is 3.97. The maximum absolute atomic E-state index is 11.6. The zero-order valence-corrected chi connectivity index (χ0v) is 11.6. The molecule has 0 N–H and O–H groups in total. The molecule has 0 radical (unpaired) electrons. The molecule has 1 atom stereocenters. The second kappa shape index (κ2) is 5.27. The minimum absolute atomic E-state index is 0.252. The second-order valence-corrected chi connectivity index (χ2v) is 5.30. The highest BCUT2D eigenvalue weighted by molar-refractivity contribution is 9.10. The summed E-state index contributed by atoms with van der Waals surface area (Å²) in [7, 11) is 1.37. The van der Waals surface area contributed by atoms with E-state index in [1.807, 2.05) is 6.07 Å². The molecular weight excluding hydrogens is 307 g/mol. The summed E-state index contributed by atoms with van der Waals surface area (Å²) < 4.78 is 11.3. The lowest BCUT2D eigenvalue weighted by molar-refractivity contribution is -0.149. The highest BCUT2D eigenvalue weighted by Crippen LogP contribution is 2.37.